The van der Waals surface area contributed by atoms with E-state index in [4.69, 9.17) is 5.26 Å². The molecule has 2 aromatic rings. The molecule has 0 aliphatic carbocycles. The predicted molar refractivity (Wildman–Crippen MR) is 80.2 cm³/mol. The zero-order valence-electron chi connectivity index (χ0n) is 11.9. The van der Waals surface area contributed by atoms with Gasteiger partial charge < -0.3 is 5.32 Å². The summed E-state index contributed by atoms with van der Waals surface area (Å²) in [6.07, 6.45) is 0. The van der Waals surface area contributed by atoms with Crippen LogP contribution in [0.2, 0.25) is 0 Å². The van der Waals surface area contributed by atoms with E-state index in [2.05, 4.69) is 16.4 Å². The van der Waals surface area contributed by atoms with Gasteiger partial charge in [0.2, 0.25) is 0 Å². The first-order valence-corrected chi connectivity index (χ1v) is 6.60. The Morgan fingerprint density at radius 3 is 2.67 bits per heavy atom. The fraction of sp³-hybridized carbons (Fsp3) is 0.267. The number of hydrogen-bond acceptors (Lipinski definition) is 4. The third kappa shape index (κ3) is 3.20. The lowest BCUT2D eigenvalue weighted by Gasteiger charge is -2.11. The molecule has 6 nitrogen and oxygen atoms in total. The Morgan fingerprint density at radius 2 is 2.05 bits per heavy atom. The van der Waals surface area contributed by atoms with E-state index < -0.39 is 5.69 Å². The lowest BCUT2D eigenvalue weighted by molar-refractivity contribution is 0.546. The number of rotatable bonds is 4. The van der Waals surface area contributed by atoms with Gasteiger partial charge in [-0.2, -0.15) is 5.26 Å². The second-order valence-corrected chi connectivity index (χ2v) is 4.91. The van der Waals surface area contributed by atoms with Crippen molar-refractivity contribution in [2.24, 2.45) is 0 Å². The largest absolute Gasteiger partial charge is 0.367 e. The standard InChI is InChI=1S/C15H16N4O2/c1-10(2)19-14(20)7-13(18-15(19)21)17-9-12-6-4-3-5-11(12)8-16/h3-7,10,17H,9H2,1-2H3,(H,18,21). The van der Waals surface area contributed by atoms with Crippen molar-refractivity contribution >= 4 is 5.82 Å². The van der Waals surface area contributed by atoms with Crippen LogP contribution in [0.4, 0.5) is 5.82 Å². The van der Waals surface area contributed by atoms with Crippen LogP contribution in [-0.4, -0.2) is 9.55 Å². The van der Waals surface area contributed by atoms with Crippen LogP contribution >= 0.6 is 0 Å². The molecule has 0 saturated carbocycles. The molecule has 0 unspecified atom stereocenters. The van der Waals surface area contributed by atoms with Crippen molar-refractivity contribution in [2.75, 3.05) is 5.32 Å². The third-order valence-electron chi connectivity index (χ3n) is 3.09. The lowest BCUT2D eigenvalue weighted by atomic mass is 10.1. The maximum Gasteiger partial charge on any atom is 0.330 e. The molecule has 1 heterocycles. The van der Waals surface area contributed by atoms with E-state index in [1.807, 2.05) is 12.1 Å². The number of benzene rings is 1. The first-order chi connectivity index (χ1) is 10.0. The molecule has 0 atom stereocenters. The van der Waals surface area contributed by atoms with Gasteiger partial charge in [-0.3, -0.25) is 14.3 Å². The molecule has 0 aliphatic rings. The molecule has 0 saturated heterocycles. The highest BCUT2D eigenvalue weighted by atomic mass is 16.2. The normalized spacial score (nSPS) is 10.4. The summed E-state index contributed by atoms with van der Waals surface area (Å²) in [5.74, 6) is 0.342. The van der Waals surface area contributed by atoms with Gasteiger partial charge in [0.15, 0.2) is 0 Å². The number of aromatic nitrogens is 2. The number of nitrogens with one attached hydrogen (secondary N) is 2. The maximum absolute atomic E-state index is 11.9. The topological polar surface area (TPSA) is 90.7 Å². The van der Waals surface area contributed by atoms with Crippen molar-refractivity contribution in [3.05, 3.63) is 62.3 Å². The van der Waals surface area contributed by atoms with Crippen molar-refractivity contribution in [1.29, 1.82) is 5.26 Å². The molecule has 6 heteroatoms. The summed E-state index contributed by atoms with van der Waals surface area (Å²) in [5.41, 5.74) is 0.551. The number of nitriles is 1. The Kier molecular flexibility index (Phi) is 4.24. The Hall–Kier alpha value is -2.81. The second-order valence-electron chi connectivity index (χ2n) is 4.91. The average Bonchev–Trinajstić information content (AvgIpc) is 2.44. The molecular weight excluding hydrogens is 268 g/mol. The monoisotopic (exact) mass is 284 g/mol. The summed E-state index contributed by atoms with van der Waals surface area (Å²) >= 11 is 0. The fourth-order valence-electron chi connectivity index (χ4n) is 2.06. The number of anilines is 1. The minimum absolute atomic E-state index is 0.199. The molecule has 1 aromatic carbocycles. The third-order valence-corrected chi connectivity index (χ3v) is 3.09. The molecule has 21 heavy (non-hydrogen) atoms. The summed E-state index contributed by atoms with van der Waals surface area (Å²) in [4.78, 5) is 26.4. The van der Waals surface area contributed by atoms with Crippen LogP contribution in [0.25, 0.3) is 0 Å². The van der Waals surface area contributed by atoms with Crippen LogP contribution in [0.15, 0.2) is 39.9 Å². The van der Waals surface area contributed by atoms with E-state index in [0.717, 1.165) is 10.1 Å². The fourth-order valence-corrected chi connectivity index (χ4v) is 2.06. The Balaban J connectivity index is 2.24. The SMILES string of the molecule is CC(C)n1c(=O)cc(NCc2ccccc2C#N)[nH]c1=O. The minimum Gasteiger partial charge on any atom is -0.367 e. The molecule has 0 bridgehead atoms. The van der Waals surface area contributed by atoms with Crippen molar-refractivity contribution in [3.63, 3.8) is 0 Å². The van der Waals surface area contributed by atoms with Gasteiger partial charge in [0, 0.05) is 18.7 Å². The summed E-state index contributed by atoms with van der Waals surface area (Å²) < 4.78 is 1.15. The highest BCUT2D eigenvalue weighted by Crippen LogP contribution is 2.09. The molecule has 0 spiro atoms. The summed E-state index contributed by atoms with van der Waals surface area (Å²) in [6.45, 7) is 3.89. The van der Waals surface area contributed by atoms with Crippen molar-refractivity contribution in [1.82, 2.24) is 9.55 Å². The van der Waals surface area contributed by atoms with E-state index >= 15 is 0 Å². The second kappa shape index (κ2) is 6.09. The van der Waals surface area contributed by atoms with Crippen LogP contribution in [0.5, 0.6) is 0 Å². The van der Waals surface area contributed by atoms with Gasteiger partial charge in [0.25, 0.3) is 5.56 Å². The number of aromatic amines is 1. The molecule has 2 N–H and O–H groups in total. The average molecular weight is 284 g/mol. The van der Waals surface area contributed by atoms with Gasteiger partial charge in [-0.05, 0) is 25.5 Å². The van der Waals surface area contributed by atoms with Crippen LogP contribution in [0.3, 0.4) is 0 Å². The molecule has 2 rings (SSSR count). The maximum atomic E-state index is 11.9. The van der Waals surface area contributed by atoms with Gasteiger partial charge in [0.1, 0.15) is 5.82 Å². The molecule has 108 valence electrons. The van der Waals surface area contributed by atoms with Gasteiger partial charge in [-0.25, -0.2) is 4.79 Å². The number of hydrogen-bond donors (Lipinski definition) is 2. The molecule has 1 aromatic heterocycles. The van der Waals surface area contributed by atoms with E-state index in [-0.39, 0.29) is 11.6 Å². The minimum atomic E-state index is -0.450. The van der Waals surface area contributed by atoms with Crippen molar-refractivity contribution < 1.29 is 0 Å². The summed E-state index contributed by atoms with van der Waals surface area (Å²) in [6, 6.07) is 10.4. The number of nitrogens with zero attached hydrogens (tertiary/aromatic N) is 2. The quantitative estimate of drug-likeness (QED) is 0.892. The van der Waals surface area contributed by atoms with Gasteiger partial charge >= 0.3 is 5.69 Å². The van der Waals surface area contributed by atoms with Crippen LogP contribution in [-0.2, 0) is 6.54 Å². The van der Waals surface area contributed by atoms with E-state index in [1.165, 1.54) is 6.07 Å². The zero-order chi connectivity index (χ0) is 15.4. The molecule has 0 fully saturated rings. The summed E-state index contributed by atoms with van der Waals surface area (Å²) in [7, 11) is 0. The first-order valence-electron chi connectivity index (χ1n) is 6.60. The van der Waals surface area contributed by atoms with Crippen LogP contribution in [0, 0.1) is 11.3 Å². The van der Waals surface area contributed by atoms with E-state index in [0.29, 0.717) is 17.9 Å². The highest BCUT2D eigenvalue weighted by molar-refractivity contribution is 5.41. The molecule has 0 radical (unpaired) electrons. The smallest absolute Gasteiger partial charge is 0.330 e. The van der Waals surface area contributed by atoms with Crippen LogP contribution < -0.4 is 16.6 Å². The lowest BCUT2D eigenvalue weighted by Crippen LogP contribution is -2.36. The van der Waals surface area contributed by atoms with Gasteiger partial charge in [-0.1, -0.05) is 18.2 Å². The van der Waals surface area contributed by atoms with E-state index in [1.54, 1.807) is 26.0 Å². The predicted octanol–water partition coefficient (Wildman–Crippen LogP) is 1.60. The highest BCUT2D eigenvalue weighted by Gasteiger charge is 2.08. The molecule has 0 amide bonds. The van der Waals surface area contributed by atoms with Crippen LogP contribution in [0.1, 0.15) is 31.0 Å². The Labute approximate surface area is 121 Å². The Bertz CT molecular complexity index is 765. The van der Waals surface area contributed by atoms with Gasteiger partial charge in [-0.15, -0.1) is 0 Å². The van der Waals surface area contributed by atoms with Crippen molar-refractivity contribution in [2.45, 2.75) is 26.4 Å². The molecular formula is C15H16N4O2. The summed E-state index contributed by atoms with van der Waals surface area (Å²) in [5, 5.41) is 12.0. The van der Waals surface area contributed by atoms with E-state index in [9.17, 15) is 9.59 Å². The Morgan fingerprint density at radius 1 is 1.33 bits per heavy atom. The number of H-pyrrole nitrogens is 1. The van der Waals surface area contributed by atoms with Gasteiger partial charge in [0.05, 0.1) is 11.6 Å². The zero-order valence-corrected chi connectivity index (χ0v) is 11.9. The first kappa shape index (κ1) is 14.6. The molecule has 0 aliphatic heterocycles. The van der Waals surface area contributed by atoms with Crippen molar-refractivity contribution in [3.8, 4) is 6.07 Å².